The van der Waals surface area contributed by atoms with E-state index in [-0.39, 0.29) is 30.3 Å². The van der Waals surface area contributed by atoms with Gasteiger partial charge >= 0.3 is 17.9 Å². The van der Waals surface area contributed by atoms with Crippen LogP contribution in [0.1, 0.15) is 132 Å². The third kappa shape index (κ3) is 7.80. The van der Waals surface area contributed by atoms with Crippen LogP contribution >= 0.6 is 0 Å². The second-order valence-corrected chi connectivity index (χ2v) is 15.8. The Kier molecular flexibility index (Phi) is 10.9. The molecule has 6 nitrogen and oxygen atoms in total. The Hall–Kier alpha value is -1.85. The van der Waals surface area contributed by atoms with Crippen LogP contribution in [0.2, 0.25) is 0 Å². The van der Waals surface area contributed by atoms with Gasteiger partial charge in [-0.1, -0.05) is 58.6 Å². The molecule has 6 heteroatoms. The Morgan fingerprint density at radius 1 is 0.905 bits per heavy atom. The van der Waals surface area contributed by atoms with Gasteiger partial charge in [-0.25, -0.2) is 0 Å². The molecule has 8 atom stereocenters. The topological polar surface area (TPSA) is 78.9 Å². The third-order valence-electron chi connectivity index (χ3n) is 11.5. The summed E-state index contributed by atoms with van der Waals surface area (Å²) in [5.41, 5.74) is 1.07. The van der Waals surface area contributed by atoms with E-state index in [2.05, 4.69) is 33.8 Å². The average Bonchev–Trinajstić information content (AvgIpc) is 3.36. The highest BCUT2D eigenvalue weighted by Crippen LogP contribution is 2.63. The van der Waals surface area contributed by atoms with Crippen molar-refractivity contribution in [1.29, 1.82) is 0 Å². The standard InChI is InChI=1S/C36H58O6/c1-23(2)9-8-10-24(3)27-13-14-29-28(27)15-16-31-30(29)12-11-25-21-26(19-20-36(25,31)7)42-33(38)18-17-32(37)40-22-41-34(39)35(4,5)6/h11,23-24,26-31H,8-10,12-22H2,1-7H3/t24-,26+,27-,28?,29-,30+,31+,36+/m1/s1. The molecule has 238 valence electrons. The van der Waals surface area contributed by atoms with E-state index >= 15 is 0 Å². The predicted molar refractivity (Wildman–Crippen MR) is 164 cm³/mol. The fraction of sp³-hybridized carbons (Fsp3) is 0.861. The highest BCUT2D eigenvalue weighted by molar-refractivity contribution is 5.78. The van der Waals surface area contributed by atoms with Crippen molar-refractivity contribution in [1.82, 2.24) is 0 Å². The summed E-state index contributed by atoms with van der Waals surface area (Å²) < 4.78 is 15.8. The maximum absolute atomic E-state index is 12.6. The van der Waals surface area contributed by atoms with Crippen molar-refractivity contribution in [3.63, 3.8) is 0 Å². The first-order chi connectivity index (χ1) is 19.8. The third-order valence-corrected chi connectivity index (χ3v) is 11.5. The van der Waals surface area contributed by atoms with Crippen LogP contribution in [0.5, 0.6) is 0 Å². The zero-order valence-electron chi connectivity index (χ0n) is 27.5. The fourth-order valence-electron chi connectivity index (χ4n) is 9.08. The number of allylic oxidation sites excluding steroid dienone is 1. The first-order valence-corrected chi connectivity index (χ1v) is 17.0. The maximum atomic E-state index is 12.6. The minimum Gasteiger partial charge on any atom is -0.462 e. The van der Waals surface area contributed by atoms with Gasteiger partial charge in [-0.3, -0.25) is 14.4 Å². The Labute approximate surface area is 255 Å². The summed E-state index contributed by atoms with van der Waals surface area (Å²) in [6, 6.07) is 0. The van der Waals surface area contributed by atoms with Crippen LogP contribution in [0, 0.1) is 52.3 Å². The Morgan fingerprint density at radius 2 is 1.62 bits per heavy atom. The number of carbonyl (C=O) groups excluding carboxylic acids is 3. The Morgan fingerprint density at radius 3 is 2.33 bits per heavy atom. The lowest BCUT2D eigenvalue weighted by Crippen LogP contribution is -2.48. The number of fused-ring (bicyclic) bond motifs is 5. The lowest BCUT2D eigenvalue weighted by atomic mass is 9.50. The monoisotopic (exact) mass is 586 g/mol. The predicted octanol–water partition coefficient (Wildman–Crippen LogP) is 8.42. The fourth-order valence-corrected chi connectivity index (χ4v) is 9.08. The molecular weight excluding hydrogens is 528 g/mol. The Balaban J connectivity index is 1.24. The van der Waals surface area contributed by atoms with E-state index in [1.54, 1.807) is 20.8 Å². The molecule has 4 rings (SSSR count). The first kappa shape index (κ1) is 33.1. The molecule has 0 amide bonds. The van der Waals surface area contributed by atoms with Crippen LogP contribution in [-0.2, 0) is 28.6 Å². The van der Waals surface area contributed by atoms with Crippen LogP contribution < -0.4 is 0 Å². The van der Waals surface area contributed by atoms with Gasteiger partial charge in [0.1, 0.15) is 6.10 Å². The molecule has 0 saturated heterocycles. The summed E-state index contributed by atoms with van der Waals surface area (Å²) in [5.74, 6) is 4.62. The first-order valence-electron chi connectivity index (χ1n) is 17.0. The van der Waals surface area contributed by atoms with Crippen LogP contribution in [0.25, 0.3) is 0 Å². The molecule has 0 N–H and O–H groups in total. The minimum absolute atomic E-state index is 0.0241. The number of carbonyl (C=O) groups is 3. The summed E-state index contributed by atoms with van der Waals surface area (Å²) in [4.78, 5) is 36.4. The molecule has 3 fully saturated rings. The molecule has 3 saturated carbocycles. The molecule has 0 aromatic heterocycles. The van der Waals surface area contributed by atoms with Crippen LogP contribution in [0.4, 0.5) is 0 Å². The van der Waals surface area contributed by atoms with Crippen molar-refractivity contribution >= 4 is 17.9 Å². The zero-order valence-corrected chi connectivity index (χ0v) is 27.5. The Bertz CT molecular complexity index is 991. The van der Waals surface area contributed by atoms with Gasteiger partial charge in [-0.15, -0.1) is 0 Å². The van der Waals surface area contributed by atoms with Crippen LogP contribution in [0.15, 0.2) is 11.6 Å². The van der Waals surface area contributed by atoms with Crippen molar-refractivity contribution < 1.29 is 28.6 Å². The molecule has 1 unspecified atom stereocenters. The number of ether oxygens (including phenoxy) is 3. The van der Waals surface area contributed by atoms with E-state index in [0.29, 0.717) is 0 Å². The second kappa shape index (κ2) is 13.8. The second-order valence-electron chi connectivity index (χ2n) is 15.8. The van der Waals surface area contributed by atoms with Crippen molar-refractivity contribution in [3.8, 4) is 0 Å². The zero-order chi connectivity index (χ0) is 30.7. The van der Waals surface area contributed by atoms with E-state index in [0.717, 1.165) is 60.7 Å². The van der Waals surface area contributed by atoms with Crippen molar-refractivity contribution in [2.24, 2.45) is 52.3 Å². The molecule has 0 aromatic rings. The lowest BCUT2D eigenvalue weighted by Gasteiger charge is -2.55. The van der Waals surface area contributed by atoms with E-state index in [1.165, 1.54) is 56.9 Å². The molecule has 0 spiro atoms. The highest BCUT2D eigenvalue weighted by Gasteiger charge is 2.54. The number of hydrogen-bond donors (Lipinski definition) is 0. The lowest BCUT2D eigenvalue weighted by molar-refractivity contribution is -0.174. The quantitative estimate of drug-likeness (QED) is 0.137. The highest BCUT2D eigenvalue weighted by atomic mass is 16.7. The number of hydrogen-bond acceptors (Lipinski definition) is 6. The largest absolute Gasteiger partial charge is 0.462 e. The van der Waals surface area contributed by atoms with Gasteiger partial charge in [-0.2, -0.15) is 0 Å². The molecule has 4 aliphatic rings. The normalized spacial score (nSPS) is 33.1. The van der Waals surface area contributed by atoms with Gasteiger partial charge in [0.05, 0.1) is 18.3 Å². The summed E-state index contributed by atoms with van der Waals surface area (Å²) in [7, 11) is 0. The smallest absolute Gasteiger partial charge is 0.314 e. The molecule has 0 radical (unpaired) electrons. The average molecular weight is 587 g/mol. The van der Waals surface area contributed by atoms with E-state index < -0.39 is 24.1 Å². The van der Waals surface area contributed by atoms with E-state index in [9.17, 15) is 14.4 Å². The molecule has 0 bridgehead atoms. The maximum Gasteiger partial charge on any atom is 0.314 e. The summed E-state index contributed by atoms with van der Waals surface area (Å²) >= 11 is 0. The minimum atomic E-state index is -0.661. The SMILES string of the molecule is CC(C)CCC[C@@H](C)[C@H]1CC[C@@H]2C1CC[C@H]1[C@H]2CC=C2C[C@@H](OC(=O)CCC(=O)OCOC(=O)C(C)(C)C)CC[C@@]21C. The molecule has 4 aliphatic carbocycles. The van der Waals surface area contributed by atoms with Gasteiger partial charge in [0.25, 0.3) is 0 Å². The molecular formula is C36H58O6. The van der Waals surface area contributed by atoms with Crippen LogP contribution in [0.3, 0.4) is 0 Å². The van der Waals surface area contributed by atoms with Crippen molar-refractivity contribution in [2.45, 2.75) is 138 Å². The van der Waals surface area contributed by atoms with Gasteiger partial charge < -0.3 is 14.2 Å². The molecule has 0 heterocycles. The number of rotatable bonds is 11. The summed E-state index contributed by atoms with van der Waals surface area (Å²) in [5, 5.41) is 0. The molecule has 0 aromatic carbocycles. The van der Waals surface area contributed by atoms with Gasteiger partial charge in [0.2, 0.25) is 6.79 Å². The van der Waals surface area contributed by atoms with Crippen molar-refractivity contribution in [2.75, 3.05) is 6.79 Å². The van der Waals surface area contributed by atoms with E-state index in [4.69, 9.17) is 14.2 Å². The van der Waals surface area contributed by atoms with E-state index in [1.807, 2.05) is 0 Å². The van der Waals surface area contributed by atoms with Gasteiger partial charge in [0, 0.05) is 6.42 Å². The van der Waals surface area contributed by atoms with Crippen LogP contribution in [-0.4, -0.2) is 30.8 Å². The molecule has 0 aliphatic heterocycles. The summed E-state index contributed by atoms with van der Waals surface area (Å²) in [6.07, 6.45) is 16.0. The number of esters is 3. The van der Waals surface area contributed by atoms with Gasteiger partial charge in [-0.05, 0) is 113 Å². The van der Waals surface area contributed by atoms with Crippen molar-refractivity contribution in [3.05, 3.63) is 11.6 Å². The van der Waals surface area contributed by atoms with Gasteiger partial charge in [0.15, 0.2) is 0 Å². The molecule has 42 heavy (non-hydrogen) atoms. The summed E-state index contributed by atoms with van der Waals surface area (Å²) in [6.45, 7) is 14.5.